The van der Waals surface area contributed by atoms with E-state index in [2.05, 4.69) is 16.8 Å². The summed E-state index contributed by atoms with van der Waals surface area (Å²) < 4.78 is 0. The van der Waals surface area contributed by atoms with Crippen LogP contribution in [-0.4, -0.2) is 4.98 Å². The van der Waals surface area contributed by atoms with Gasteiger partial charge in [0.2, 0.25) is 0 Å². The maximum atomic E-state index is 11.5. The second-order valence-electron chi connectivity index (χ2n) is 3.24. The third-order valence-corrected chi connectivity index (χ3v) is 2.16. The highest BCUT2D eigenvalue weighted by molar-refractivity contribution is 5.79. The summed E-state index contributed by atoms with van der Waals surface area (Å²) in [6.45, 7) is 0. The van der Waals surface area contributed by atoms with Crippen LogP contribution in [0.3, 0.4) is 0 Å². The molecule has 1 heterocycles. The van der Waals surface area contributed by atoms with Gasteiger partial charge in [-0.1, -0.05) is 11.8 Å². The minimum atomic E-state index is -0.0299. The van der Waals surface area contributed by atoms with Crippen LogP contribution in [0, 0.1) is 23.2 Å². The zero-order chi connectivity index (χ0) is 11.4. The van der Waals surface area contributed by atoms with Crippen molar-refractivity contribution >= 4 is 10.9 Å². The molecule has 2 rings (SSSR count). The summed E-state index contributed by atoms with van der Waals surface area (Å²) in [5.41, 5.74) is 1.51. The SMILES string of the molecule is N#CCC#Cc1ccc2[nH]ccc(=O)c2c1. The fraction of sp³-hybridized carbons (Fsp3) is 0.0769. The van der Waals surface area contributed by atoms with Gasteiger partial charge >= 0.3 is 0 Å². The monoisotopic (exact) mass is 208 g/mol. The molecule has 0 unspecified atom stereocenters. The fourth-order valence-electron chi connectivity index (χ4n) is 1.43. The molecule has 0 fully saturated rings. The molecule has 3 heteroatoms. The molecule has 0 saturated carbocycles. The molecule has 3 nitrogen and oxygen atoms in total. The first-order valence-corrected chi connectivity index (χ1v) is 4.78. The van der Waals surface area contributed by atoms with Gasteiger partial charge in [-0.15, -0.1) is 0 Å². The first-order chi connectivity index (χ1) is 7.81. The Morgan fingerprint density at radius 2 is 2.19 bits per heavy atom. The molecular weight excluding hydrogens is 200 g/mol. The van der Waals surface area contributed by atoms with Gasteiger partial charge in [-0.25, -0.2) is 0 Å². The number of fused-ring (bicyclic) bond motifs is 1. The summed E-state index contributed by atoms with van der Waals surface area (Å²) >= 11 is 0. The van der Waals surface area contributed by atoms with Crippen molar-refractivity contribution in [3.05, 3.63) is 46.2 Å². The van der Waals surface area contributed by atoms with E-state index in [9.17, 15) is 4.79 Å². The minimum absolute atomic E-state index is 0.0299. The third-order valence-electron chi connectivity index (χ3n) is 2.16. The van der Waals surface area contributed by atoms with E-state index in [1.165, 1.54) is 6.07 Å². The van der Waals surface area contributed by atoms with Crippen molar-refractivity contribution in [2.24, 2.45) is 0 Å². The molecule has 0 bridgehead atoms. The van der Waals surface area contributed by atoms with E-state index in [4.69, 9.17) is 5.26 Å². The van der Waals surface area contributed by atoms with Crippen LogP contribution in [0.4, 0.5) is 0 Å². The van der Waals surface area contributed by atoms with Gasteiger partial charge in [0, 0.05) is 28.7 Å². The fourth-order valence-corrected chi connectivity index (χ4v) is 1.43. The van der Waals surface area contributed by atoms with E-state index in [-0.39, 0.29) is 11.8 Å². The quantitative estimate of drug-likeness (QED) is 0.671. The van der Waals surface area contributed by atoms with Crippen molar-refractivity contribution in [1.82, 2.24) is 4.98 Å². The van der Waals surface area contributed by atoms with Crippen LogP contribution < -0.4 is 5.43 Å². The van der Waals surface area contributed by atoms with Gasteiger partial charge < -0.3 is 4.98 Å². The standard InChI is InChI=1S/C13H8N2O/c14-7-2-1-3-10-4-5-12-11(9-10)13(16)6-8-15-12/h4-6,8-9H,2H2,(H,15,16). The van der Waals surface area contributed by atoms with Crippen LogP contribution >= 0.6 is 0 Å². The predicted octanol–water partition coefficient (Wildman–Crippen LogP) is 1.79. The first kappa shape index (κ1) is 10.0. The average molecular weight is 208 g/mol. The van der Waals surface area contributed by atoms with Gasteiger partial charge in [-0.2, -0.15) is 5.26 Å². The summed E-state index contributed by atoms with van der Waals surface area (Å²) in [7, 11) is 0. The lowest BCUT2D eigenvalue weighted by Crippen LogP contribution is -1.99. The Morgan fingerprint density at radius 1 is 1.31 bits per heavy atom. The molecule has 16 heavy (non-hydrogen) atoms. The van der Waals surface area contributed by atoms with E-state index >= 15 is 0 Å². The van der Waals surface area contributed by atoms with Gasteiger partial charge in [0.05, 0.1) is 12.5 Å². The molecule has 0 radical (unpaired) electrons. The van der Waals surface area contributed by atoms with Gasteiger partial charge in [0.1, 0.15) is 0 Å². The molecular formula is C13H8N2O. The maximum absolute atomic E-state index is 11.5. The Labute approximate surface area is 92.3 Å². The van der Waals surface area contributed by atoms with E-state index in [0.29, 0.717) is 5.39 Å². The van der Waals surface area contributed by atoms with E-state index in [1.807, 2.05) is 18.2 Å². The Hall–Kier alpha value is -2.52. The van der Waals surface area contributed by atoms with E-state index < -0.39 is 0 Å². The number of nitrogens with one attached hydrogen (secondary N) is 1. The van der Waals surface area contributed by atoms with Crippen molar-refractivity contribution in [2.45, 2.75) is 6.42 Å². The molecule has 2 aromatic rings. The van der Waals surface area contributed by atoms with Gasteiger partial charge in [0.15, 0.2) is 5.43 Å². The van der Waals surface area contributed by atoms with Crippen LogP contribution in [0.25, 0.3) is 10.9 Å². The molecule has 0 saturated heterocycles. The highest BCUT2D eigenvalue weighted by Gasteiger charge is 1.97. The van der Waals surface area contributed by atoms with Crippen LogP contribution in [0.2, 0.25) is 0 Å². The molecule has 1 aromatic carbocycles. The number of rotatable bonds is 0. The van der Waals surface area contributed by atoms with Crippen molar-refractivity contribution in [3.63, 3.8) is 0 Å². The number of nitriles is 1. The Kier molecular flexibility index (Phi) is 2.71. The summed E-state index contributed by atoms with van der Waals surface area (Å²) in [6, 6.07) is 8.80. The highest BCUT2D eigenvalue weighted by atomic mass is 16.1. The second-order valence-corrected chi connectivity index (χ2v) is 3.24. The van der Waals surface area contributed by atoms with Gasteiger partial charge in [-0.05, 0) is 18.2 Å². The van der Waals surface area contributed by atoms with Gasteiger partial charge in [-0.3, -0.25) is 4.79 Å². The van der Waals surface area contributed by atoms with Crippen molar-refractivity contribution in [2.75, 3.05) is 0 Å². The predicted molar refractivity (Wildman–Crippen MR) is 61.7 cm³/mol. The summed E-state index contributed by atoms with van der Waals surface area (Å²) in [5.74, 6) is 5.55. The highest BCUT2D eigenvalue weighted by Crippen LogP contribution is 2.08. The average Bonchev–Trinajstić information content (AvgIpc) is 2.30. The van der Waals surface area contributed by atoms with Crippen LogP contribution in [0.1, 0.15) is 12.0 Å². The molecule has 0 atom stereocenters. The molecule has 1 aromatic heterocycles. The summed E-state index contributed by atoms with van der Waals surface area (Å²) in [5, 5.41) is 8.97. The Balaban J connectivity index is 2.54. The van der Waals surface area contributed by atoms with E-state index in [1.54, 1.807) is 12.3 Å². The van der Waals surface area contributed by atoms with Crippen LogP contribution in [0.5, 0.6) is 0 Å². The number of nitrogens with zero attached hydrogens (tertiary/aromatic N) is 1. The number of aromatic nitrogens is 1. The lowest BCUT2D eigenvalue weighted by atomic mass is 10.1. The number of hydrogen-bond donors (Lipinski definition) is 1. The molecule has 0 aliphatic rings. The van der Waals surface area contributed by atoms with Crippen molar-refractivity contribution in [1.29, 1.82) is 5.26 Å². The van der Waals surface area contributed by atoms with Crippen LogP contribution in [-0.2, 0) is 0 Å². The van der Waals surface area contributed by atoms with Gasteiger partial charge in [0.25, 0.3) is 0 Å². The molecule has 0 spiro atoms. The topological polar surface area (TPSA) is 56.6 Å². The largest absolute Gasteiger partial charge is 0.361 e. The third kappa shape index (κ3) is 1.94. The number of pyridine rings is 1. The van der Waals surface area contributed by atoms with E-state index in [0.717, 1.165) is 11.1 Å². The van der Waals surface area contributed by atoms with Crippen molar-refractivity contribution in [3.8, 4) is 17.9 Å². The normalized spacial score (nSPS) is 9.19. The first-order valence-electron chi connectivity index (χ1n) is 4.78. The Morgan fingerprint density at radius 3 is 3.00 bits per heavy atom. The lowest BCUT2D eigenvalue weighted by molar-refractivity contribution is 1.38. The van der Waals surface area contributed by atoms with Crippen LogP contribution in [0.15, 0.2) is 35.3 Å². The Bertz CT molecular complexity index is 681. The molecule has 76 valence electrons. The molecule has 0 aliphatic heterocycles. The smallest absolute Gasteiger partial charge is 0.189 e. The number of hydrogen-bond acceptors (Lipinski definition) is 2. The zero-order valence-electron chi connectivity index (χ0n) is 8.45. The van der Waals surface area contributed by atoms with Crippen molar-refractivity contribution < 1.29 is 0 Å². The summed E-state index contributed by atoms with van der Waals surface area (Å²) in [4.78, 5) is 14.5. The molecule has 0 aliphatic carbocycles. The number of aromatic amines is 1. The summed E-state index contributed by atoms with van der Waals surface area (Å²) in [6.07, 6.45) is 1.81. The lowest BCUT2D eigenvalue weighted by Gasteiger charge is -1.96. The minimum Gasteiger partial charge on any atom is -0.361 e. The zero-order valence-corrected chi connectivity index (χ0v) is 8.45. The molecule has 1 N–H and O–H groups in total. The second kappa shape index (κ2) is 4.33. The maximum Gasteiger partial charge on any atom is 0.189 e. The molecule has 0 amide bonds. The number of benzene rings is 1. The number of H-pyrrole nitrogens is 1.